The summed E-state index contributed by atoms with van der Waals surface area (Å²) in [6.45, 7) is 0. The summed E-state index contributed by atoms with van der Waals surface area (Å²) in [5.41, 5.74) is 0.370. The van der Waals surface area contributed by atoms with Crippen LogP contribution in [0, 0.1) is 0 Å². The average molecular weight is 290 g/mol. The molecule has 2 nitrogen and oxygen atoms in total. The molecule has 0 bridgehead atoms. The number of ether oxygens (including phenoxy) is 1. The number of hydrogen-bond donors (Lipinski definition) is 0. The Kier molecular flexibility index (Phi) is 3.48. The van der Waals surface area contributed by atoms with Gasteiger partial charge in [0.05, 0.1) is 5.56 Å². The van der Waals surface area contributed by atoms with E-state index < -0.39 is 9.95 Å². The van der Waals surface area contributed by atoms with Crippen LogP contribution in [0.2, 0.25) is 0 Å². The van der Waals surface area contributed by atoms with Gasteiger partial charge < -0.3 is 4.74 Å². The van der Waals surface area contributed by atoms with Gasteiger partial charge in [-0.05, 0) is 51.6 Å². The van der Waals surface area contributed by atoms with Crippen LogP contribution in [-0.2, 0) is 4.74 Å². The molecule has 0 aliphatic rings. The monoisotopic (exact) mass is 288 g/mol. The van der Waals surface area contributed by atoms with Gasteiger partial charge in [0.15, 0.2) is 0 Å². The van der Waals surface area contributed by atoms with E-state index in [0.29, 0.717) is 5.56 Å². The summed E-state index contributed by atoms with van der Waals surface area (Å²) in [6.07, 6.45) is 0. The van der Waals surface area contributed by atoms with Gasteiger partial charge in [0, 0.05) is 0 Å². The van der Waals surface area contributed by atoms with Crippen LogP contribution in [0.25, 0.3) is 10.8 Å². The fraction of sp³-hybridized carbons (Fsp3) is 0.0833. The lowest BCUT2D eigenvalue weighted by Gasteiger charge is -2.13. The van der Waals surface area contributed by atoms with Crippen molar-refractivity contribution in [3.05, 3.63) is 48.0 Å². The van der Waals surface area contributed by atoms with Crippen LogP contribution >= 0.6 is 34.8 Å². The first-order valence-corrected chi connectivity index (χ1v) is 5.88. The number of fused-ring (bicyclic) bond motifs is 1. The second-order valence-electron chi connectivity index (χ2n) is 3.36. The highest BCUT2D eigenvalue weighted by Crippen LogP contribution is 2.30. The van der Waals surface area contributed by atoms with Crippen LogP contribution in [0.5, 0.6) is 0 Å². The normalized spacial score (nSPS) is 11.5. The topological polar surface area (TPSA) is 26.3 Å². The third kappa shape index (κ3) is 3.03. The lowest BCUT2D eigenvalue weighted by Crippen LogP contribution is -2.16. The lowest BCUT2D eigenvalue weighted by atomic mass is 10.1. The maximum absolute atomic E-state index is 11.8. The summed E-state index contributed by atoms with van der Waals surface area (Å²) in [5, 5.41) is 1.68. The SMILES string of the molecule is O=C(OC(Cl)(Cl)Cl)c1cccc2ccccc12. The maximum atomic E-state index is 11.8. The molecule has 2 aromatic carbocycles. The molecule has 88 valence electrons. The minimum atomic E-state index is -2.05. The molecule has 0 amide bonds. The minimum Gasteiger partial charge on any atom is -0.411 e. The summed E-state index contributed by atoms with van der Waals surface area (Å²) in [4.78, 5) is 11.8. The van der Waals surface area contributed by atoms with Crippen molar-refractivity contribution < 1.29 is 9.53 Å². The average Bonchev–Trinajstić information content (AvgIpc) is 2.26. The highest BCUT2D eigenvalue weighted by Gasteiger charge is 2.26. The van der Waals surface area contributed by atoms with Crippen molar-refractivity contribution >= 4 is 51.5 Å². The van der Waals surface area contributed by atoms with Crippen molar-refractivity contribution in [3.8, 4) is 0 Å². The molecule has 0 radical (unpaired) electrons. The molecule has 0 spiro atoms. The van der Waals surface area contributed by atoms with Crippen molar-refractivity contribution in [2.45, 2.75) is 3.98 Å². The molecular formula is C12H7Cl3O2. The second-order valence-corrected chi connectivity index (χ2v) is 5.54. The number of carbonyl (C=O) groups excluding carboxylic acids is 1. The predicted molar refractivity (Wildman–Crippen MR) is 69.7 cm³/mol. The molecule has 5 heteroatoms. The van der Waals surface area contributed by atoms with Crippen LogP contribution < -0.4 is 0 Å². The molecular weight excluding hydrogens is 282 g/mol. The zero-order valence-electron chi connectivity index (χ0n) is 8.49. The Morgan fingerprint density at radius 2 is 1.65 bits per heavy atom. The molecule has 0 aliphatic heterocycles. The van der Waals surface area contributed by atoms with Gasteiger partial charge in [-0.1, -0.05) is 36.4 Å². The fourth-order valence-corrected chi connectivity index (χ4v) is 1.77. The van der Waals surface area contributed by atoms with E-state index in [0.717, 1.165) is 10.8 Å². The van der Waals surface area contributed by atoms with E-state index >= 15 is 0 Å². The van der Waals surface area contributed by atoms with E-state index in [2.05, 4.69) is 4.74 Å². The van der Waals surface area contributed by atoms with Crippen LogP contribution in [0.1, 0.15) is 10.4 Å². The quantitative estimate of drug-likeness (QED) is 0.577. The van der Waals surface area contributed by atoms with Gasteiger partial charge in [-0.15, -0.1) is 0 Å². The Morgan fingerprint density at radius 1 is 1.00 bits per heavy atom. The Balaban J connectivity index is 2.45. The van der Waals surface area contributed by atoms with Gasteiger partial charge in [0.2, 0.25) is 0 Å². The number of alkyl halides is 3. The first kappa shape index (κ1) is 12.5. The first-order chi connectivity index (χ1) is 7.97. The van der Waals surface area contributed by atoms with Crippen molar-refractivity contribution in [2.24, 2.45) is 0 Å². The zero-order valence-corrected chi connectivity index (χ0v) is 10.8. The predicted octanol–water partition coefficient (Wildman–Crippen LogP) is 4.32. The summed E-state index contributed by atoms with van der Waals surface area (Å²) < 4.78 is 2.64. The summed E-state index contributed by atoms with van der Waals surface area (Å²) in [6, 6.07) is 12.7. The number of rotatable bonds is 1. The minimum absolute atomic E-state index is 0.370. The van der Waals surface area contributed by atoms with Crippen molar-refractivity contribution in [1.82, 2.24) is 0 Å². The van der Waals surface area contributed by atoms with E-state index in [1.165, 1.54) is 0 Å². The van der Waals surface area contributed by atoms with Gasteiger partial charge in [-0.3, -0.25) is 0 Å². The van der Waals surface area contributed by atoms with Gasteiger partial charge >= 0.3 is 9.95 Å². The standard InChI is InChI=1S/C12H7Cl3O2/c13-12(14,15)17-11(16)10-7-3-5-8-4-1-2-6-9(8)10/h1-7H. The van der Waals surface area contributed by atoms with E-state index in [-0.39, 0.29) is 0 Å². The van der Waals surface area contributed by atoms with E-state index in [1.54, 1.807) is 12.1 Å². The molecule has 0 saturated carbocycles. The largest absolute Gasteiger partial charge is 0.411 e. The maximum Gasteiger partial charge on any atom is 0.342 e. The Bertz CT molecular complexity index is 556. The molecule has 17 heavy (non-hydrogen) atoms. The number of hydrogen-bond acceptors (Lipinski definition) is 2. The van der Waals surface area contributed by atoms with Crippen LogP contribution in [0.3, 0.4) is 0 Å². The zero-order chi connectivity index (χ0) is 12.5. The third-order valence-electron chi connectivity index (χ3n) is 2.22. The van der Waals surface area contributed by atoms with Crippen molar-refractivity contribution in [1.29, 1.82) is 0 Å². The highest BCUT2D eigenvalue weighted by molar-refractivity contribution is 6.66. The molecule has 0 N–H and O–H groups in total. The molecule has 0 aromatic heterocycles. The third-order valence-corrected chi connectivity index (χ3v) is 2.45. The van der Waals surface area contributed by atoms with E-state index in [4.69, 9.17) is 34.8 Å². The lowest BCUT2D eigenvalue weighted by molar-refractivity contribution is 0.0494. The molecule has 0 atom stereocenters. The van der Waals surface area contributed by atoms with Crippen molar-refractivity contribution in [2.75, 3.05) is 0 Å². The second kappa shape index (κ2) is 4.73. The molecule has 2 rings (SSSR count). The summed E-state index contributed by atoms with van der Waals surface area (Å²) in [5.74, 6) is -0.665. The van der Waals surface area contributed by atoms with Gasteiger partial charge in [-0.25, -0.2) is 4.79 Å². The number of benzene rings is 2. The molecule has 0 fully saturated rings. The fourth-order valence-electron chi connectivity index (χ4n) is 1.56. The highest BCUT2D eigenvalue weighted by atomic mass is 35.6. The Labute approximate surface area is 113 Å². The molecule has 0 aliphatic carbocycles. The summed E-state index contributed by atoms with van der Waals surface area (Å²) in [7, 11) is 0. The molecule has 2 aromatic rings. The number of carbonyl (C=O) groups is 1. The van der Waals surface area contributed by atoms with Crippen LogP contribution in [-0.4, -0.2) is 9.95 Å². The number of halogens is 3. The molecule has 0 heterocycles. The van der Waals surface area contributed by atoms with E-state index in [1.807, 2.05) is 30.3 Å². The Hall–Kier alpha value is -0.960. The smallest absolute Gasteiger partial charge is 0.342 e. The molecule has 0 unspecified atom stereocenters. The van der Waals surface area contributed by atoms with Gasteiger partial charge in [-0.2, -0.15) is 0 Å². The number of esters is 1. The van der Waals surface area contributed by atoms with Crippen LogP contribution in [0.15, 0.2) is 42.5 Å². The molecule has 0 saturated heterocycles. The summed E-state index contributed by atoms with van der Waals surface area (Å²) >= 11 is 16.3. The first-order valence-electron chi connectivity index (χ1n) is 4.75. The Morgan fingerprint density at radius 3 is 2.35 bits per heavy atom. The van der Waals surface area contributed by atoms with Gasteiger partial charge in [0.25, 0.3) is 0 Å². The van der Waals surface area contributed by atoms with Gasteiger partial charge in [0.1, 0.15) is 0 Å². The van der Waals surface area contributed by atoms with Crippen LogP contribution in [0.4, 0.5) is 0 Å². The van der Waals surface area contributed by atoms with Crippen molar-refractivity contribution in [3.63, 3.8) is 0 Å². The van der Waals surface area contributed by atoms with E-state index in [9.17, 15) is 4.79 Å².